The maximum absolute atomic E-state index is 12.1. The highest BCUT2D eigenvalue weighted by Crippen LogP contribution is 2.17. The van der Waals surface area contributed by atoms with Crippen molar-refractivity contribution in [1.82, 2.24) is 0 Å². The maximum atomic E-state index is 12.1. The molecule has 0 aliphatic rings. The molecule has 0 amide bonds. The molecule has 0 aliphatic carbocycles. The Balaban J connectivity index is 3.71. The fraction of sp³-hybridized carbons (Fsp3) is 1.00. The van der Waals surface area contributed by atoms with E-state index in [9.17, 15) is 13.2 Å². The van der Waals surface area contributed by atoms with Crippen LogP contribution < -0.4 is 5.73 Å². The summed E-state index contributed by atoms with van der Waals surface area (Å²) in [4.78, 5) is 0. The van der Waals surface area contributed by atoms with Crippen molar-refractivity contribution in [2.75, 3.05) is 6.54 Å². The zero-order valence-corrected chi connectivity index (χ0v) is 4.50. The largest absolute Gasteiger partial charge is 0.327 e. The molecular weight excluding hydrogens is 119 g/mol. The molecule has 0 spiro atoms. The Labute approximate surface area is 45.7 Å². The van der Waals surface area contributed by atoms with Crippen molar-refractivity contribution in [3.8, 4) is 0 Å². The number of rotatable bonds is 2. The zero-order valence-electron chi connectivity index (χ0n) is 4.50. The first kappa shape index (κ1) is 7.75. The van der Waals surface area contributed by atoms with E-state index in [-0.39, 0.29) is 0 Å². The monoisotopic (exact) mass is 127 g/mol. The Morgan fingerprint density at radius 2 is 2.00 bits per heavy atom. The molecule has 50 valence electrons. The molecule has 0 aromatic carbocycles. The normalized spacial score (nSPS) is 18.8. The molecule has 4 heteroatoms. The number of hydrogen-bond acceptors (Lipinski definition) is 1. The van der Waals surface area contributed by atoms with Gasteiger partial charge in [-0.1, -0.05) is 0 Å². The number of hydrogen-bond donors (Lipinski definition) is 1. The van der Waals surface area contributed by atoms with Crippen LogP contribution in [-0.2, 0) is 0 Å². The van der Waals surface area contributed by atoms with Gasteiger partial charge in [-0.15, -0.1) is 0 Å². The Morgan fingerprint density at radius 1 is 1.62 bits per heavy atom. The van der Waals surface area contributed by atoms with Crippen molar-refractivity contribution in [3.63, 3.8) is 0 Å². The van der Waals surface area contributed by atoms with Crippen LogP contribution >= 0.6 is 0 Å². The minimum Gasteiger partial charge on any atom is -0.327 e. The van der Waals surface area contributed by atoms with Crippen LogP contribution in [0.3, 0.4) is 0 Å². The Morgan fingerprint density at radius 3 is 2.00 bits per heavy atom. The van der Waals surface area contributed by atoms with Gasteiger partial charge in [-0.3, -0.25) is 0 Å². The van der Waals surface area contributed by atoms with E-state index in [1.807, 2.05) is 0 Å². The Hall–Kier alpha value is -0.250. The number of halogens is 3. The maximum Gasteiger partial charge on any atom is 0.273 e. The molecular formula is C4H8F3N. The standard InChI is InChI=1S/C4H8F3N/c1-4(7,2-8)3(5)6/h3H,2,8H2,1H3. The van der Waals surface area contributed by atoms with Gasteiger partial charge in [0.05, 0.1) is 0 Å². The third-order valence-electron chi connectivity index (χ3n) is 0.854. The lowest BCUT2D eigenvalue weighted by molar-refractivity contribution is -0.0155. The van der Waals surface area contributed by atoms with Gasteiger partial charge in [0.15, 0.2) is 5.67 Å². The lowest BCUT2D eigenvalue weighted by atomic mass is 10.1. The third kappa shape index (κ3) is 1.69. The third-order valence-corrected chi connectivity index (χ3v) is 0.854. The second kappa shape index (κ2) is 2.35. The molecule has 1 atom stereocenters. The van der Waals surface area contributed by atoms with E-state index in [1.54, 1.807) is 0 Å². The summed E-state index contributed by atoms with van der Waals surface area (Å²) in [6, 6.07) is 0. The molecule has 0 bridgehead atoms. The summed E-state index contributed by atoms with van der Waals surface area (Å²) in [5.41, 5.74) is 2.14. The molecule has 0 aromatic heterocycles. The number of nitrogens with two attached hydrogens (primary N) is 1. The smallest absolute Gasteiger partial charge is 0.273 e. The molecule has 8 heavy (non-hydrogen) atoms. The van der Waals surface area contributed by atoms with Crippen molar-refractivity contribution in [1.29, 1.82) is 0 Å². The molecule has 0 rings (SSSR count). The van der Waals surface area contributed by atoms with Crippen LogP contribution in [0.2, 0.25) is 0 Å². The molecule has 1 nitrogen and oxygen atoms in total. The first-order valence-electron chi connectivity index (χ1n) is 2.18. The van der Waals surface area contributed by atoms with Gasteiger partial charge in [0.25, 0.3) is 6.43 Å². The van der Waals surface area contributed by atoms with Gasteiger partial charge < -0.3 is 5.73 Å². The van der Waals surface area contributed by atoms with Gasteiger partial charge in [-0.25, -0.2) is 13.2 Å². The highest BCUT2D eigenvalue weighted by Gasteiger charge is 2.32. The van der Waals surface area contributed by atoms with E-state index >= 15 is 0 Å². The van der Waals surface area contributed by atoms with Gasteiger partial charge >= 0.3 is 0 Å². The van der Waals surface area contributed by atoms with Crippen LogP contribution in [0, 0.1) is 0 Å². The summed E-state index contributed by atoms with van der Waals surface area (Å²) < 4.78 is 34.8. The molecule has 0 fully saturated rings. The van der Waals surface area contributed by atoms with E-state index in [0.717, 1.165) is 6.92 Å². The van der Waals surface area contributed by atoms with Crippen molar-refractivity contribution in [2.45, 2.75) is 19.0 Å². The summed E-state index contributed by atoms with van der Waals surface area (Å²) in [6.07, 6.45) is -2.98. The molecule has 0 radical (unpaired) electrons. The Bertz CT molecular complexity index is 71.7. The summed E-state index contributed by atoms with van der Waals surface area (Å²) >= 11 is 0. The molecule has 1 unspecified atom stereocenters. The summed E-state index contributed by atoms with van der Waals surface area (Å²) in [7, 11) is 0. The summed E-state index contributed by atoms with van der Waals surface area (Å²) in [6.45, 7) is 0.141. The zero-order chi connectivity index (χ0) is 6.78. The van der Waals surface area contributed by atoms with Crippen molar-refractivity contribution >= 4 is 0 Å². The van der Waals surface area contributed by atoms with E-state index in [0.29, 0.717) is 0 Å². The number of alkyl halides is 3. The predicted octanol–water partition coefficient (Wildman–Crippen LogP) is 0.938. The van der Waals surface area contributed by atoms with Crippen LogP contribution in [0.25, 0.3) is 0 Å². The first-order chi connectivity index (χ1) is 3.50. The van der Waals surface area contributed by atoms with Crippen molar-refractivity contribution in [3.05, 3.63) is 0 Å². The summed E-state index contributed by atoms with van der Waals surface area (Å²) in [5, 5.41) is 0. The average molecular weight is 127 g/mol. The Kier molecular flexibility index (Phi) is 2.27. The second-order valence-electron chi connectivity index (χ2n) is 1.78. The fourth-order valence-electron chi connectivity index (χ4n) is 0.0891. The van der Waals surface area contributed by atoms with Crippen LogP contribution in [0.4, 0.5) is 13.2 Å². The summed E-state index contributed by atoms with van der Waals surface area (Å²) in [5.74, 6) is 0. The fourth-order valence-corrected chi connectivity index (χ4v) is 0.0891. The van der Waals surface area contributed by atoms with E-state index in [4.69, 9.17) is 0 Å². The van der Waals surface area contributed by atoms with Crippen LogP contribution in [0.5, 0.6) is 0 Å². The van der Waals surface area contributed by atoms with Crippen molar-refractivity contribution < 1.29 is 13.2 Å². The molecule has 2 N–H and O–H groups in total. The average Bonchev–Trinajstić information content (AvgIpc) is 1.67. The molecule has 0 aliphatic heterocycles. The van der Waals surface area contributed by atoms with Gasteiger partial charge in [-0.2, -0.15) is 0 Å². The van der Waals surface area contributed by atoms with Gasteiger partial charge in [0.2, 0.25) is 0 Å². The van der Waals surface area contributed by atoms with Crippen LogP contribution in [0.15, 0.2) is 0 Å². The molecule has 0 saturated heterocycles. The minimum atomic E-state index is -2.98. The van der Waals surface area contributed by atoms with E-state index < -0.39 is 18.6 Å². The SMILES string of the molecule is CC(F)(CN)C(F)F. The highest BCUT2D eigenvalue weighted by atomic mass is 19.3. The molecule has 0 aromatic rings. The molecule has 0 saturated carbocycles. The minimum absolute atomic E-state index is 0.634. The predicted molar refractivity (Wildman–Crippen MR) is 24.6 cm³/mol. The first-order valence-corrected chi connectivity index (χ1v) is 2.18. The van der Waals surface area contributed by atoms with E-state index in [1.165, 1.54) is 0 Å². The van der Waals surface area contributed by atoms with Gasteiger partial charge in [0, 0.05) is 6.54 Å². The van der Waals surface area contributed by atoms with Crippen LogP contribution in [-0.4, -0.2) is 18.6 Å². The van der Waals surface area contributed by atoms with Gasteiger partial charge in [0.1, 0.15) is 0 Å². The topological polar surface area (TPSA) is 26.0 Å². The van der Waals surface area contributed by atoms with Crippen LogP contribution in [0.1, 0.15) is 6.92 Å². The lowest BCUT2D eigenvalue weighted by Gasteiger charge is -2.15. The highest BCUT2D eigenvalue weighted by molar-refractivity contribution is 4.76. The quantitative estimate of drug-likeness (QED) is 0.586. The van der Waals surface area contributed by atoms with Gasteiger partial charge in [-0.05, 0) is 6.92 Å². The lowest BCUT2D eigenvalue weighted by Crippen LogP contribution is -2.36. The second-order valence-corrected chi connectivity index (χ2v) is 1.78. The van der Waals surface area contributed by atoms with Crippen molar-refractivity contribution in [2.24, 2.45) is 5.73 Å². The van der Waals surface area contributed by atoms with E-state index in [2.05, 4.69) is 5.73 Å². The molecule has 0 heterocycles.